The van der Waals surface area contributed by atoms with Crippen molar-refractivity contribution >= 4 is 40.7 Å². The molecule has 3 aromatic rings. The molecule has 0 fully saturated rings. The predicted molar refractivity (Wildman–Crippen MR) is 102 cm³/mol. The summed E-state index contributed by atoms with van der Waals surface area (Å²) < 4.78 is 10.4. The van der Waals surface area contributed by atoms with Crippen molar-refractivity contribution in [3.63, 3.8) is 0 Å². The number of hydrogen-bond donors (Lipinski definition) is 2. The maximum absolute atomic E-state index is 11.9. The first-order valence-electron chi connectivity index (χ1n) is 7.83. The van der Waals surface area contributed by atoms with E-state index in [1.807, 2.05) is 12.1 Å². The van der Waals surface area contributed by atoms with E-state index in [-0.39, 0.29) is 28.5 Å². The zero-order chi connectivity index (χ0) is 20.1. The number of phenolic OH excluding ortho intramolecular Hbond substituents is 1. The zero-order valence-corrected chi connectivity index (χ0v) is 15.3. The average molecular weight is 402 g/mol. The number of benzene rings is 2. The number of amides is 1. The number of thioether (sulfide) groups is 1. The Kier molecular flexibility index (Phi) is 5.75. The Labute approximate surface area is 162 Å². The van der Waals surface area contributed by atoms with Gasteiger partial charge in [-0.05, 0) is 12.1 Å². The average Bonchev–Trinajstić information content (AvgIpc) is 3.10. The Balaban J connectivity index is 1.61. The highest BCUT2D eigenvalue weighted by Gasteiger charge is 2.16. The number of nitrogens with zero attached hydrogens (tertiary/aromatic N) is 3. The van der Waals surface area contributed by atoms with E-state index in [9.17, 15) is 20.0 Å². The van der Waals surface area contributed by atoms with Crippen LogP contribution in [0.25, 0.3) is 11.1 Å². The van der Waals surface area contributed by atoms with E-state index in [4.69, 9.17) is 9.15 Å². The Hall–Kier alpha value is -3.60. The van der Waals surface area contributed by atoms with Crippen molar-refractivity contribution in [2.24, 2.45) is 5.10 Å². The molecule has 28 heavy (non-hydrogen) atoms. The van der Waals surface area contributed by atoms with Gasteiger partial charge in [0.15, 0.2) is 17.1 Å². The van der Waals surface area contributed by atoms with Crippen molar-refractivity contribution in [2.75, 3.05) is 12.9 Å². The summed E-state index contributed by atoms with van der Waals surface area (Å²) in [6.07, 6.45) is 1.09. The number of aromatic nitrogens is 1. The van der Waals surface area contributed by atoms with E-state index < -0.39 is 10.8 Å². The summed E-state index contributed by atoms with van der Waals surface area (Å²) in [5.74, 6) is -0.852. The molecule has 0 aliphatic rings. The van der Waals surface area contributed by atoms with Crippen LogP contribution < -0.4 is 10.2 Å². The molecule has 0 saturated heterocycles. The fraction of sp³-hybridized carbons (Fsp3) is 0.118. The summed E-state index contributed by atoms with van der Waals surface area (Å²) in [6.45, 7) is 0. The van der Waals surface area contributed by atoms with Crippen LogP contribution in [0.4, 0.5) is 5.69 Å². The second-order valence-electron chi connectivity index (χ2n) is 5.37. The van der Waals surface area contributed by atoms with E-state index in [1.54, 1.807) is 12.1 Å². The third-order valence-electron chi connectivity index (χ3n) is 3.51. The van der Waals surface area contributed by atoms with E-state index >= 15 is 0 Å². The van der Waals surface area contributed by atoms with Gasteiger partial charge in [-0.25, -0.2) is 10.4 Å². The fourth-order valence-electron chi connectivity index (χ4n) is 2.22. The maximum atomic E-state index is 11.9. The van der Waals surface area contributed by atoms with Gasteiger partial charge in [0.05, 0.1) is 30.1 Å². The highest BCUT2D eigenvalue weighted by atomic mass is 32.2. The van der Waals surface area contributed by atoms with Gasteiger partial charge in [0, 0.05) is 11.6 Å². The number of aromatic hydroxyl groups is 1. The summed E-state index contributed by atoms with van der Waals surface area (Å²) in [5, 5.41) is 25.0. The van der Waals surface area contributed by atoms with Crippen molar-refractivity contribution in [1.29, 1.82) is 0 Å². The number of rotatable bonds is 7. The van der Waals surface area contributed by atoms with Crippen LogP contribution in [0.15, 0.2) is 51.1 Å². The van der Waals surface area contributed by atoms with Crippen LogP contribution in [0.1, 0.15) is 5.56 Å². The van der Waals surface area contributed by atoms with Crippen LogP contribution in [-0.2, 0) is 4.79 Å². The molecule has 0 bridgehead atoms. The quantitative estimate of drug-likeness (QED) is 0.266. The molecule has 3 rings (SSSR count). The lowest BCUT2D eigenvalue weighted by Crippen LogP contribution is -2.19. The maximum Gasteiger partial charge on any atom is 0.274 e. The van der Waals surface area contributed by atoms with Gasteiger partial charge in [0.1, 0.15) is 5.52 Å². The molecule has 0 aliphatic carbocycles. The molecular formula is C17H14N4O6S. The number of para-hydroxylation sites is 2. The molecule has 0 spiro atoms. The third-order valence-corrected chi connectivity index (χ3v) is 4.34. The van der Waals surface area contributed by atoms with Crippen molar-refractivity contribution in [2.45, 2.75) is 5.22 Å². The van der Waals surface area contributed by atoms with Crippen molar-refractivity contribution in [3.05, 3.63) is 52.1 Å². The van der Waals surface area contributed by atoms with E-state index in [2.05, 4.69) is 15.5 Å². The first-order chi connectivity index (χ1) is 13.5. The number of methoxy groups -OCH3 is 1. The van der Waals surface area contributed by atoms with Crippen LogP contribution >= 0.6 is 11.8 Å². The topological polar surface area (TPSA) is 140 Å². The van der Waals surface area contributed by atoms with E-state index in [1.165, 1.54) is 7.11 Å². The fourth-order valence-corrected chi connectivity index (χ4v) is 2.85. The van der Waals surface area contributed by atoms with Gasteiger partial charge in [-0.3, -0.25) is 14.9 Å². The number of ether oxygens (including phenoxy) is 1. The lowest BCUT2D eigenvalue weighted by atomic mass is 10.2. The number of hydrogen-bond acceptors (Lipinski definition) is 9. The number of non-ortho nitro benzene ring substituents is 1. The molecule has 11 heteroatoms. The number of nitrogens with one attached hydrogen (secondary N) is 1. The standard InChI is InChI=1S/C17H14N4O6S/c1-26-14-7-11(21(24)25)6-10(16(14)23)8-18-20-15(22)9-28-17-19-12-4-2-3-5-13(12)27-17/h2-8,23H,9H2,1H3,(H,20,22)/b18-8-. The van der Waals surface area contributed by atoms with Gasteiger partial charge >= 0.3 is 0 Å². The molecule has 0 saturated carbocycles. The number of nitro groups is 1. The number of oxazole rings is 1. The SMILES string of the molecule is COc1cc([N+](=O)[O-])cc(/C=N\NC(=O)CSc2nc3ccccc3o2)c1O. The minimum atomic E-state index is -0.630. The lowest BCUT2D eigenvalue weighted by molar-refractivity contribution is -0.385. The molecule has 1 amide bonds. The Morgan fingerprint density at radius 3 is 2.96 bits per heavy atom. The number of carbonyl (C=O) groups is 1. The number of phenols is 1. The van der Waals surface area contributed by atoms with Gasteiger partial charge in [0.25, 0.3) is 16.8 Å². The smallest absolute Gasteiger partial charge is 0.274 e. The van der Waals surface area contributed by atoms with Crippen LogP contribution in [-0.4, -0.2) is 40.0 Å². The largest absolute Gasteiger partial charge is 0.504 e. The summed E-state index contributed by atoms with van der Waals surface area (Å²) in [4.78, 5) is 26.4. The van der Waals surface area contributed by atoms with Gasteiger partial charge in [-0.1, -0.05) is 23.9 Å². The molecule has 0 radical (unpaired) electrons. The number of hydrazone groups is 1. The van der Waals surface area contributed by atoms with E-state index in [0.29, 0.717) is 16.3 Å². The first-order valence-corrected chi connectivity index (χ1v) is 8.82. The summed E-state index contributed by atoms with van der Waals surface area (Å²) in [7, 11) is 1.27. The van der Waals surface area contributed by atoms with Gasteiger partial charge in [0.2, 0.25) is 0 Å². The minimum absolute atomic E-state index is 0.00555. The second kappa shape index (κ2) is 8.39. The third kappa shape index (κ3) is 4.38. The number of nitro benzene ring substituents is 1. The van der Waals surface area contributed by atoms with Crippen molar-refractivity contribution in [1.82, 2.24) is 10.4 Å². The van der Waals surface area contributed by atoms with Gasteiger partial charge < -0.3 is 14.3 Å². The Morgan fingerprint density at radius 1 is 1.46 bits per heavy atom. The second-order valence-corrected chi connectivity index (χ2v) is 6.30. The highest BCUT2D eigenvalue weighted by Crippen LogP contribution is 2.33. The molecule has 1 heterocycles. The van der Waals surface area contributed by atoms with Crippen molar-refractivity contribution in [3.8, 4) is 11.5 Å². The van der Waals surface area contributed by atoms with Crippen molar-refractivity contribution < 1.29 is 24.0 Å². The van der Waals surface area contributed by atoms with Crippen LogP contribution in [0, 0.1) is 10.1 Å². The van der Waals surface area contributed by atoms with Crippen LogP contribution in [0.2, 0.25) is 0 Å². The van der Waals surface area contributed by atoms with Gasteiger partial charge in [-0.2, -0.15) is 5.10 Å². The zero-order valence-electron chi connectivity index (χ0n) is 14.5. The summed E-state index contributed by atoms with van der Waals surface area (Å²) in [5.41, 5.74) is 3.33. The number of carbonyl (C=O) groups excluding carboxylic acids is 1. The monoisotopic (exact) mass is 402 g/mol. The molecule has 2 aromatic carbocycles. The Bertz CT molecular complexity index is 1030. The molecule has 1 aromatic heterocycles. The molecule has 0 aliphatic heterocycles. The molecule has 2 N–H and O–H groups in total. The van der Waals surface area contributed by atoms with Crippen LogP contribution in [0.5, 0.6) is 11.5 Å². The number of fused-ring (bicyclic) bond motifs is 1. The summed E-state index contributed by atoms with van der Waals surface area (Å²) in [6, 6.07) is 9.42. The highest BCUT2D eigenvalue weighted by molar-refractivity contribution is 7.99. The molecule has 0 unspecified atom stereocenters. The Morgan fingerprint density at radius 2 is 2.25 bits per heavy atom. The normalized spacial score (nSPS) is 11.0. The summed E-state index contributed by atoms with van der Waals surface area (Å²) >= 11 is 1.09. The molecule has 10 nitrogen and oxygen atoms in total. The molecule has 0 atom stereocenters. The first kappa shape index (κ1) is 19.2. The molecular weight excluding hydrogens is 388 g/mol. The molecule has 144 valence electrons. The van der Waals surface area contributed by atoms with Gasteiger partial charge in [-0.15, -0.1) is 0 Å². The predicted octanol–water partition coefficient (Wildman–Crippen LogP) is 2.69. The van der Waals surface area contributed by atoms with Crippen LogP contribution in [0.3, 0.4) is 0 Å². The lowest BCUT2D eigenvalue weighted by Gasteiger charge is -2.05. The minimum Gasteiger partial charge on any atom is -0.504 e. The van der Waals surface area contributed by atoms with E-state index in [0.717, 1.165) is 30.1 Å².